The van der Waals surface area contributed by atoms with E-state index in [1.807, 2.05) is 79.8 Å². The summed E-state index contributed by atoms with van der Waals surface area (Å²) in [7, 11) is 14.3. The molecular formula is C56H51N5O10SZn. The first-order valence-electron chi connectivity index (χ1n) is 22.7. The van der Waals surface area contributed by atoms with Crippen LogP contribution in [0.4, 0.5) is 4.79 Å². The molecule has 0 saturated heterocycles. The number of nitrogens with one attached hydrogen (secondary N) is 1. The minimum Gasteiger partial charge on any atom is -0.657 e. The van der Waals surface area contributed by atoms with Gasteiger partial charge in [-0.05, 0) is 66.2 Å². The molecule has 1 N–H and O–H groups in total. The molecule has 0 spiro atoms. The summed E-state index contributed by atoms with van der Waals surface area (Å²) < 4.78 is 53.7. The molecule has 73 heavy (non-hydrogen) atoms. The fraction of sp³-hybridized carbons (Fsp3) is 0.196. The average Bonchev–Trinajstić information content (AvgIpc) is 4.27. The predicted octanol–water partition coefficient (Wildman–Crippen LogP) is 11.5. The van der Waals surface area contributed by atoms with Gasteiger partial charge in [0.2, 0.25) is 0 Å². The van der Waals surface area contributed by atoms with Crippen LogP contribution in [-0.4, -0.2) is 85.7 Å². The van der Waals surface area contributed by atoms with Crippen molar-refractivity contribution in [3.63, 3.8) is 0 Å². The molecule has 15 nitrogen and oxygen atoms in total. The maximum Gasteiger partial charge on any atom is 2.00 e. The number of nitrogens with zero attached hydrogens (tertiary/aromatic N) is 4. The van der Waals surface area contributed by atoms with Crippen LogP contribution in [0.3, 0.4) is 0 Å². The summed E-state index contributed by atoms with van der Waals surface area (Å²) in [4.78, 5) is 35.1. The monoisotopic (exact) mass is 1050 g/mol. The van der Waals surface area contributed by atoms with E-state index in [2.05, 4.69) is 5.32 Å². The second-order valence-corrected chi connectivity index (χ2v) is 17.1. The molecule has 5 heterocycles. The molecule has 2 aliphatic rings. The minimum atomic E-state index is -0.146. The molecule has 0 aliphatic carbocycles. The Morgan fingerprint density at radius 1 is 0.438 bits per heavy atom. The van der Waals surface area contributed by atoms with Crippen LogP contribution >= 0.6 is 11.8 Å². The Hall–Kier alpha value is -7.88. The molecule has 0 unspecified atom stereocenters. The molecule has 0 saturated carbocycles. The second kappa shape index (κ2) is 22.3. The molecule has 7 aromatic rings. The van der Waals surface area contributed by atoms with Crippen molar-refractivity contribution >= 4 is 63.4 Å². The van der Waals surface area contributed by atoms with E-state index in [1.54, 1.807) is 100 Å². The van der Waals surface area contributed by atoms with Gasteiger partial charge in [0.15, 0.2) is 0 Å². The molecule has 1 amide bonds. The van der Waals surface area contributed by atoms with Crippen LogP contribution in [0.5, 0.6) is 51.7 Å². The van der Waals surface area contributed by atoms with Crippen LogP contribution in [0.1, 0.15) is 29.7 Å². The van der Waals surface area contributed by atoms with Crippen molar-refractivity contribution in [3.8, 4) is 96.3 Å². The second-order valence-electron chi connectivity index (χ2n) is 16.0. The number of benzene rings is 4. The van der Waals surface area contributed by atoms with Crippen LogP contribution in [0, 0.1) is 0 Å². The van der Waals surface area contributed by atoms with E-state index in [0.29, 0.717) is 137 Å². The van der Waals surface area contributed by atoms with Gasteiger partial charge in [0.05, 0.1) is 103 Å². The quantitative estimate of drug-likeness (QED) is 0.0760. The van der Waals surface area contributed by atoms with Crippen molar-refractivity contribution in [2.75, 3.05) is 70.5 Å². The average molecular weight is 1050 g/mol. The minimum absolute atomic E-state index is 0. The number of aromatic nitrogens is 4. The first kappa shape index (κ1) is 51.5. The SMILES string of the molecule is CCNC(=O)Sc1ccc(-c2c3nc(c(-c4c(OC)cc(OC)cc4OC)c4ccc([n-]4)c(-c4c(OC)cc(OC)cc4OC)c4nc(c(-c5c(OC)cc(OC)cc5OC)c5ccc2[n-]5)C=C4)C=C3)cc1.[Zn+2]. The van der Waals surface area contributed by atoms with Crippen LogP contribution in [-0.2, 0) is 19.5 Å². The van der Waals surface area contributed by atoms with Crippen LogP contribution < -0.4 is 57.9 Å². The largest absolute Gasteiger partial charge is 2.00 e. The number of rotatable bonds is 15. The molecule has 8 bridgehead atoms. The van der Waals surface area contributed by atoms with Crippen LogP contribution in [0.25, 0.3) is 90.9 Å². The Bertz CT molecular complexity index is 3340. The first-order chi connectivity index (χ1) is 35.1. The van der Waals surface area contributed by atoms with E-state index in [4.69, 9.17) is 62.6 Å². The number of hydrogen-bond donors (Lipinski definition) is 1. The third-order valence-electron chi connectivity index (χ3n) is 12.2. The molecule has 3 aromatic heterocycles. The molecule has 0 fully saturated rings. The first-order valence-corrected chi connectivity index (χ1v) is 23.5. The molecule has 17 heteroatoms. The predicted molar refractivity (Wildman–Crippen MR) is 282 cm³/mol. The van der Waals surface area contributed by atoms with E-state index in [9.17, 15) is 4.79 Å². The number of amides is 1. The summed E-state index contributed by atoms with van der Waals surface area (Å²) in [5.41, 5.74) is 9.59. The van der Waals surface area contributed by atoms with Gasteiger partial charge in [0, 0.05) is 64.5 Å². The van der Waals surface area contributed by atoms with E-state index in [1.165, 1.54) is 0 Å². The van der Waals surface area contributed by atoms with Crippen LogP contribution in [0.15, 0.2) is 89.8 Å². The molecular weight excluding hydrogens is 1000 g/mol. The van der Waals surface area contributed by atoms with Crippen molar-refractivity contribution in [1.29, 1.82) is 0 Å². The summed E-state index contributed by atoms with van der Waals surface area (Å²) in [6.45, 7) is 2.41. The number of ether oxygens (including phenoxy) is 9. The van der Waals surface area contributed by atoms with Gasteiger partial charge < -0.3 is 57.9 Å². The zero-order chi connectivity index (χ0) is 50.6. The Morgan fingerprint density at radius 2 is 0.740 bits per heavy atom. The van der Waals surface area contributed by atoms with Gasteiger partial charge in [-0.2, -0.15) is 0 Å². The van der Waals surface area contributed by atoms with Gasteiger partial charge in [-0.1, -0.05) is 36.4 Å². The van der Waals surface area contributed by atoms with Gasteiger partial charge >= 0.3 is 19.5 Å². The number of hydrogen-bond acceptors (Lipinski definition) is 13. The zero-order valence-electron chi connectivity index (χ0n) is 42.1. The van der Waals surface area contributed by atoms with Crippen molar-refractivity contribution in [2.45, 2.75) is 11.8 Å². The summed E-state index contributed by atoms with van der Waals surface area (Å²) in [5.74, 6) is 4.37. The van der Waals surface area contributed by atoms with Gasteiger partial charge in [0.1, 0.15) is 51.7 Å². The van der Waals surface area contributed by atoms with Gasteiger partial charge in [-0.3, -0.25) is 4.79 Å². The summed E-state index contributed by atoms with van der Waals surface area (Å²) in [6.07, 6.45) is 7.75. The number of fused-ring (bicyclic) bond motifs is 8. The van der Waals surface area contributed by atoms with Crippen molar-refractivity contribution in [2.24, 2.45) is 0 Å². The standard InChI is InChI=1S/C56H52N5O10S.Zn/c1-11-57-56(62)72-34-14-12-30(13-15-34)49-35-16-18-37(58-35)50(53-43(66-5)24-31(63-2)25-44(53)67-6)39-20-22-41(60-39)52(55-47(70-9)28-33(65-4)29-48(55)71-10)42-23-21-40(61-42)51(38-19-17-36(49)59-38)54-45(68-7)26-32(64-3)27-46(54)69-8;/h12-29H,11H2,1-10H3,(H2-,57,58,59,60,61,62);/q-1;+2/p-1. The third kappa shape index (κ3) is 9.77. The van der Waals surface area contributed by atoms with Crippen molar-refractivity contribution in [1.82, 2.24) is 25.3 Å². The van der Waals surface area contributed by atoms with Crippen molar-refractivity contribution in [3.05, 3.63) is 108 Å². The van der Waals surface area contributed by atoms with Gasteiger partial charge in [-0.15, -0.1) is 22.1 Å². The number of carbonyl (C=O) groups is 1. The normalized spacial score (nSPS) is 11.4. The number of thioether (sulfide) groups is 1. The molecule has 368 valence electrons. The molecule has 0 radical (unpaired) electrons. The maximum atomic E-state index is 12.6. The third-order valence-corrected chi connectivity index (χ3v) is 13.0. The molecule has 0 atom stereocenters. The van der Waals surface area contributed by atoms with Crippen LogP contribution in [0.2, 0.25) is 0 Å². The molecule has 9 rings (SSSR count). The summed E-state index contributed by atoms with van der Waals surface area (Å²) in [5, 5.41) is 2.71. The van der Waals surface area contributed by atoms with E-state index in [0.717, 1.165) is 27.8 Å². The fourth-order valence-corrected chi connectivity index (χ4v) is 9.59. The van der Waals surface area contributed by atoms with Crippen molar-refractivity contribution < 1.29 is 66.9 Å². The maximum absolute atomic E-state index is 12.6. The summed E-state index contributed by atoms with van der Waals surface area (Å²) in [6, 6.07) is 26.3. The Labute approximate surface area is 439 Å². The topological polar surface area (TPSA) is 166 Å². The van der Waals surface area contributed by atoms with Gasteiger partial charge in [0.25, 0.3) is 5.24 Å². The smallest absolute Gasteiger partial charge is 0.657 e. The Balaban J connectivity index is 0.00000711. The fourth-order valence-electron chi connectivity index (χ4n) is 8.88. The number of carbonyl (C=O) groups excluding carboxylic acids is 1. The van der Waals surface area contributed by atoms with Gasteiger partial charge in [-0.25, -0.2) is 9.97 Å². The van der Waals surface area contributed by atoms with E-state index >= 15 is 0 Å². The van der Waals surface area contributed by atoms with E-state index < -0.39 is 0 Å². The Kier molecular flexibility index (Phi) is 15.7. The van der Waals surface area contributed by atoms with E-state index in [-0.39, 0.29) is 24.7 Å². The summed E-state index contributed by atoms with van der Waals surface area (Å²) >= 11 is 1.12. The molecule has 2 aliphatic heterocycles. The Morgan fingerprint density at radius 3 is 1.03 bits per heavy atom. The molecule has 4 aromatic carbocycles. The zero-order valence-corrected chi connectivity index (χ0v) is 45.9. The number of methoxy groups -OCH3 is 9.